The molecule has 0 aliphatic heterocycles. The molecule has 0 aromatic heterocycles. The third kappa shape index (κ3) is 3.96. The van der Waals surface area contributed by atoms with Crippen LogP contribution in [0, 0.1) is 11.3 Å². The molecule has 0 spiro atoms. The van der Waals surface area contributed by atoms with Crippen LogP contribution >= 0.6 is 0 Å². The maximum atomic E-state index is 9.61. The van der Waals surface area contributed by atoms with Crippen molar-refractivity contribution in [3.8, 4) is 6.07 Å². The number of unbranched alkanes of at least 4 members (excludes halogenated alkanes) is 2. The molecule has 0 amide bonds. The Morgan fingerprint density at radius 2 is 2.05 bits per heavy atom. The van der Waals surface area contributed by atoms with Gasteiger partial charge in [-0.2, -0.15) is 5.26 Å². The number of nitrogens with zero attached hydrogens (tertiary/aromatic N) is 2. The van der Waals surface area contributed by atoms with E-state index in [0.29, 0.717) is 18.1 Å². The van der Waals surface area contributed by atoms with Gasteiger partial charge in [-0.3, -0.25) is 10.2 Å². The minimum Gasteiger partial charge on any atom is -0.298 e. The highest BCUT2D eigenvalue weighted by atomic mass is 15.2. The molecule has 0 heterocycles. The van der Waals surface area contributed by atoms with Gasteiger partial charge in [0.2, 0.25) is 0 Å². The minimum atomic E-state index is -0.232. The number of nitrogens with one attached hydrogen (secondary N) is 1. The van der Waals surface area contributed by atoms with E-state index in [1.807, 2.05) is 0 Å². The first-order valence-electron chi connectivity index (χ1n) is 8.55. The molecule has 20 heavy (non-hydrogen) atoms. The van der Waals surface area contributed by atoms with E-state index < -0.39 is 0 Å². The zero-order chi connectivity index (χ0) is 14.6. The Kier molecular flexibility index (Phi) is 5.46. The number of hydrogen-bond acceptors (Lipinski definition) is 3. The lowest BCUT2D eigenvalue weighted by Gasteiger charge is -2.33. The van der Waals surface area contributed by atoms with Crippen molar-refractivity contribution in [3.63, 3.8) is 0 Å². The van der Waals surface area contributed by atoms with Gasteiger partial charge < -0.3 is 0 Å². The maximum Gasteiger partial charge on any atom is 0.108 e. The summed E-state index contributed by atoms with van der Waals surface area (Å²) in [6, 6.07) is 4.41. The molecule has 3 heteroatoms. The van der Waals surface area contributed by atoms with Crippen molar-refractivity contribution >= 4 is 0 Å². The van der Waals surface area contributed by atoms with Crippen LogP contribution in [-0.2, 0) is 0 Å². The Hall–Kier alpha value is -0.590. The van der Waals surface area contributed by atoms with Gasteiger partial charge in [-0.25, -0.2) is 0 Å². The van der Waals surface area contributed by atoms with Gasteiger partial charge in [0.05, 0.1) is 6.07 Å². The average molecular weight is 277 g/mol. The van der Waals surface area contributed by atoms with E-state index in [9.17, 15) is 5.26 Å². The molecule has 0 aromatic carbocycles. The summed E-state index contributed by atoms with van der Waals surface area (Å²) in [4.78, 5) is 2.64. The van der Waals surface area contributed by atoms with Crippen LogP contribution in [0.4, 0.5) is 0 Å². The Labute approximate surface area is 124 Å². The van der Waals surface area contributed by atoms with Gasteiger partial charge in [-0.05, 0) is 58.9 Å². The first-order chi connectivity index (χ1) is 9.60. The van der Waals surface area contributed by atoms with Crippen molar-refractivity contribution in [1.82, 2.24) is 10.2 Å². The van der Waals surface area contributed by atoms with E-state index in [1.54, 1.807) is 0 Å². The van der Waals surface area contributed by atoms with Crippen molar-refractivity contribution < 1.29 is 0 Å². The fourth-order valence-corrected chi connectivity index (χ4v) is 3.59. The van der Waals surface area contributed by atoms with Gasteiger partial charge in [0.15, 0.2) is 0 Å². The van der Waals surface area contributed by atoms with E-state index in [0.717, 1.165) is 12.8 Å². The van der Waals surface area contributed by atoms with Crippen molar-refractivity contribution in [2.45, 2.75) is 95.8 Å². The fraction of sp³-hybridized carbons (Fsp3) is 0.941. The summed E-state index contributed by atoms with van der Waals surface area (Å²) in [6.07, 6.45) is 9.64. The quantitative estimate of drug-likeness (QED) is 0.691. The van der Waals surface area contributed by atoms with Crippen molar-refractivity contribution in [1.29, 1.82) is 5.26 Å². The first kappa shape index (κ1) is 15.8. The highest BCUT2D eigenvalue weighted by Crippen LogP contribution is 2.36. The summed E-state index contributed by atoms with van der Waals surface area (Å²) in [5.74, 6) is 0. The summed E-state index contributed by atoms with van der Waals surface area (Å²) in [5, 5.41) is 13.2. The number of hydrogen-bond donors (Lipinski definition) is 1. The third-order valence-corrected chi connectivity index (χ3v) is 4.91. The maximum absolute atomic E-state index is 9.61. The predicted molar refractivity (Wildman–Crippen MR) is 83.5 cm³/mol. The Morgan fingerprint density at radius 1 is 1.30 bits per heavy atom. The second kappa shape index (κ2) is 6.91. The predicted octanol–water partition coefficient (Wildman–Crippen LogP) is 3.45. The standard InChI is InChI=1S/C17H31N3/c1-4-5-6-11-20(14(2)3)16-9-10-17(12-16,13-18)19-15-7-8-15/h14-16,19H,4-12H2,1-3H3. The lowest BCUT2D eigenvalue weighted by Crippen LogP contribution is -2.46. The SMILES string of the molecule is CCCCCN(C(C)C)C1CCC(C#N)(NC2CC2)C1. The van der Waals surface area contributed by atoms with Gasteiger partial charge in [0.1, 0.15) is 5.54 Å². The first-order valence-corrected chi connectivity index (χ1v) is 8.55. The average Bonchev–Trinajstić information content (AvgIpc) is 3.13. The summed E-state index contributed by atoms with van der Waals surface area (Å²) in [6.45, 7) is 8.05. The second-order valence-electron chi connectivity index (χ2n) is 7.05. The molecule has 2 saturated carbocycles. The molecule has 0 radical (unpaired) electrons. The van der Waals surface area contributed by atoms with E-state index in [2.05, 4.69) is 37.1 Å². The molecule has 3 nitrogen and oxygen atoms in total. The van der Waals surface area contributed by atoms with E-state index in [4.69, 9.17) is 0 Å². The van der Waals surface area contributed by atoms with Crippen LogP contribution in [0.5, 0.6) is 0 Å². The Balaban J connectivity index is 1.91. The molecular weight excluding hydrogens is 246 g/mol. The molecular formula is C17H31N3. The molecule has 2 aliphatic rings. The molecule has 0 aromatic rings. The molecule has 2 rings (SSSR count). The Morgan fingerprint density at radius 3 is 2.60 bits per heavy atom. The van der Waals surface area contributed by atoms with Crippen LogP contribution in [0.3, 0.4) is 0 Å². The number of rotatable bonds is 8. The van der Waals surface area contributed by atoms with Crippen LogP contribution < -0.4 is 5.32 Å². The van der Waals surface area contributed by atoms with Crippen LogP contribution in [0.25, 0.3) is 0 Å². The van der Waals surface area contributed by atoms with Gasteiger partial charge in [-0.1, -0.05) is 19.8 Å². The van der Waals surface area contributed by atoms with Gasteiger partial charge in [0, 0.05) is 18.1 Å². The highest BCUT2D eigenvalue weighted by molar-refractivity contribution is 5.15. The molecule has 114 valence electrons. The topological polar surface area (TPSA) is 39.1 Å². The molecule has 0 saturated heterocycles. The van der Waals surface area contributed by atoms with Crippen LogP contribution in [0.15, 0.2) is 0 Å². The summed E-state index contributed by atoms with van der Waals surface area (Å²) < 4.78 is 0. The van der Waals surface area contributed by atoms with Gasteiger partial charge in [-0.15, -0.1) is 0 Å². The van der Waals surface area contributed by atoms with E-state index in [1.165, 1.54) is 45.1 Å². The van der Waals surface area contributed by atoms with Crippen molar-refractivity contribution in [2.75, 3.05) is 6.54 Å². The van der Waals surface area contributed by atoms with E-state index in [-0.39, 0.29) is 5.54 Å². The van der Waals surface area contributed by atoms with E-state index >= 15 is 0 Å². The lowest BCUT2D eigenvalue weighted by molar-refractivity contribution is 0.147. The Bertz CT molecular complexity index is 343. The monoisotopic (exact) mass is 277 g/mol. The molecule has 2 unspecified atom stereocenters. The second-order valence-corrected chi connectivity index (χ2v) is 7.05. The third-order valence-electron chi connectivity index (χ3n) is 4.91. The zero-order valence-electron chi connectivity index (χ0n) is 13.5. The minimum absolute atomic E-state index is 0.232. The molecule has 2 aliphatic carbocycles. The van der Waals surface area contributed by atoms with Crippen molar-refractivity contribution in [2.24, 2.45) is 0 Å². The smallest absolute Gasteiger partial charge is 0.108 e. The summed E-state index contributed by atoms with van der Waals surface area (Å²) >= 11 is 0. The molecule has 2 fully saturated rings. The normalized spacial score (nSPS) is 30.1. The largest absolute Gasteiger partial charge is 0.298 e. The van der Waals surface area contributed by atoms with Crippen LogP contribution in [-0.4, -0.2) is 35.1 Å². The molecule has 0 bridgehead atoms. The van der Waals surface area contributed by atoms with Gasteiger partial charge >= 0.3 is 0 Å². The van der Waals surface area contributed by atoms with Crippen LogP contribution in [0.2, 0.25) is 0 Å². The summed E-state index contributed by atoms with van der Waals surface area (Å²) in [7, 11) is 0. The zero-order valence-corrected chi connectivity index (χ0v) is 13.5. The molecule has 2 atom stereocenters. The fourth-order valence-electron chi connectivity index (χ4n) is 3.59. The lowest BCUT2D eigenvalue weighted by atomic mass is 9.98. The summed E-state index contributed by atoms with van der Waals surface area (Å²) in [5.41, 5.74) is -0.232. The molecule has 1 N–H and O–H groups in total. The van der Waals surface area contributed by atoms with Gasteiger partial charge in [0.25, 0.3) is 0 Å². The number of nitriles is 1. The van der Waals surface area contributed by atoms with Crippen molar-refractivity contribution in [3.05, 3.63) is 0 Å². The highest BCUT2D eigenvalue weighted by Gasteiger charge is 2.44. The van der Waals surface area contributed by atoms with Crippen LogP contribution in [0.1, 0.15) is 72.1 Å².